The number of aryl methyl sites for hydroxylation is 1. The van der Waals surface area contributed by atoms with Gasteiger partial charge >= 0.3 is 6.18 Å². The molecular formula is C19H19F3N2OS. The molecular weight excluding hydrogens is 361 g/mol. The summed E-state index contributed by atoms with van der Waals surface area (Å²) in [6.45, 7) is 4.53. The van der Waals surface area contributed by atoms with Gasteiger partial charge in [-0.05, 0) is 56.6 Å². The number of nitrogens with zero attached hydrogens (tertiary/aromatic N) is 2. The number of hydrogen-bond acceptors (Lipinski definition) is 4. The van der Waals surface area contributed by atoms with Gasteiger partial charge in [-0.3, -0.25) is 4.90 Å². The van der Waals surface area contributed by atoms with Gasteiger partial charge in [-0.2, -0.15) is 13.2 Å². The summed E-state index contributed by atoms with van der Waals surface area (Å²) in [6.07, 6.45) is -4.35. The van der Waals surface area contributed by atoms with Crippen molar-refractivity contribution in [3.05, 3.63) is 63.7 Å². The lowest BCUT2D eigenvalue weighted by molar-refractivity contribution is -0.137. The zero-order chi connectivity index (χ0) is 18.9. The highest BCUT2D eigenvalue weighted by molar-refractivity contribution is 7.10. The molecule has 0 spiro atoms. The molecule has 0 N–H and O–H groups in total. The maximum atomic E-state index is 12.7. The normalized spacial score (nSPS) is 13.3. The van der Waals surface area contributed by atoms with Crippen LogP contribution in [0.5, 0.6) is 0 Å². The number of oxazole rings is 1. The maximum absolute atomic E-state index is 12.7. The molecule has 0 radical (unpaired) electrons. The second kappa shape index (κ2) is 7.25. The summed E-state index contributed by atoms with van der Waals surface area (Å²) in [5, 5.41) is 2.05. The van der Waals surface area contributed by atoms with Crippen LogP contribution in [-0.2, 0) is 12.7 Å². The van der Waals surface area contributed by atoms with Crippen LogP contribution in [0.2, 0.25) is 0 Å². The first-order valence-electron chi connectivity index (χ1n) is 8.13. The summed E-state index contributed by atoms with van der Waals surface area (Å²) in [5.74, 6) is 1.01. The molecule has 3 nitrogen and oxygen atoms in total. The van der Waals surface area contributed by atoms with Crippen molar-refractivity contribution in [3.63, 3.8) is 0 Å². The molecule has 0 aliphatic heterocycles. The van der Waals surface area contributed by atoms with Crippen LogP contribution in [0.15, 0.2) is 46.2 Å². The molecule has 7 heteroatoms. The summed E-state index contributed by atoms with van der Waals surface area (Å²) in [6, 6.07) is 9.20. The van der Waals surface area contributed by atoms with E-state index in [1.807, 2.05) is 25.4 Å². The highest BCUT2D eigenvalue weighted by Crippen LogP contribution is 2.31. The third kappa shape index (κ3) is 3.99. The molecule has 0 bridgehead atoms. The molecule has 0 aliphatic rings. The van der Waals surface area contributed by atoms with E-state index in [1.165, 1.54) is 17.0 Å². The van der Waals surface area contributed by atoms with Crippen LogP contribution >= 0.6 is 11.3 Å². The highest BCUT2D eigenvalue weighted by atomic mass is 32.1. The maximum Gasteiger partial charge on any atom is 0.416 e. The van der Waals surface area contributed by atoms with Gasteiger partial charge in [-0.25, -0.2) is 4.98 Å². The van der Waals surface area contributed by atoms with E-state index in [0.29, 0.717) is 23.8 Å². The lowest BCUT2D eigenvalue weighted by atomic mass is 10.1. The van der Waals surface area contributed by atoms with Crippen molar-refractivity contribution in [1.29, 1.82) is 0 Å². The minimum atomic E-state index is -4.35. The average molecular weight is 380 g/mol. The van der Waals surface area contributed by atoms with Crippen molar-refractivity contribution >= 4 is 11.3 Å². The molecule has 1 atom stereocenters. The Morgan fingerprint density at radius 2 is 1.88 bits per heavy atom. The van der Waals surface area contributed by atoms with E-state index in [9.17, 15) is 13.2 Å². The molecule has 3 aromatic rings. The molecule has 2 aromatic heterocycles. The zero-order valence-corrected chi connectivity index (χ0v) is 15.5. The quantitative estimate of drug-likeness (QED) is 0.550. The van der Waals surface area contributed by atoms with Crippen molar-refractivity contribution in [3.8, 4) is 11.5 Å². The van der Waals surface area contributed by atoms with Gasteiger partial charge in [0, 0.05) is 23.0 Å². The van der Waals surface area contributed by atoms with Crippen LogP contribution in [0.3, 0.4) is 0 Å². The number of benzene rings is 1. The smallest absolute Gasteiger partial charge is 0.416 e. The predicted octanol–water partition coefficient (Wildman–Crippen LogP) is 5.92. The molecule has 138 valence electrons. The number of halogens is 3. The lowest BCUT2D eigenvalue weighted by Gasteiger charge is -2.22. The first kappa shape index (κ1) is 18.7. The molecule has 0 unspecified atom stereocenters. The summed E-state index contributed by atoms with van der Waals surface area (Å²) in [7, 11) is 2.01. The highest BCUT2D eigenvalue weighted by Gasteiger charge is 2.30. The summed E-state index contributed by atoms with van der Waals surface area (Å²) < 4.78 is 43.7. The van der Waals surface area contributed by atoms with Crippen LogP contribution in [0.4, 0.5) is 13.2 Å². The van der Waals surface area contributed by atoms with Crippen molar-refractivity contribution in [1.82, 2.24) is 9.88 Å². The number of aromatic nitrogens is 1. The Hall–Kier alpha value is -2.12. The Kier molecular flexibility index (Phi) is 5.20. The van der Waals surface area contributed by atoms with E-state index in [1.54, 1.807) is 11.3 Å². The Bertz CT molecular complexity index is 854. The first-order valence-corrected chi connectivity index (χ1v) is 9.01. The van der Waals surface area contributed by atoms with E-state index in [-0.39, 0.29) is 6.04 Å². The Morgan fingerprint density at radius 3 is 2.46 bits per heavy atom. The lowest BCUT2D eigenvalue weighted by Crippen LogP contribution is -2.21. The van der Waals surface area contributed by atoms with Crippen molar-refractivity contribution in [2.45, 2.75) is 32.6 Å². The van der Waals surface area contributed by atoms with Gasteiger partial charge in [-0.1, -0.05) is 6.07 Å². The number of thiophene rings is 1. The molecule has 0 saturated heterocycles. The first-order chi connectivity index (χ1) is 12.3. The Labute approximate surface area is 154 Å². The average Bonchev–Trinajstić information content (AvgIpc) is 3.24. The fourth-order valence-electron chi connectivity index (χ4n) is 2.62. The SMILES string of the molecule is Cc1oc(-c2ccc(C(F)(F)F)cc2)nc1CN(C)[C@H](C)c1cccs1. The molecule has 0 fully saturated rings. The third-order valence-electron chi connectivity index (χ3n) is 4.37. The summed E-state index contributed by atoms with van der Waals surface area (Å²) >= 11 is 1.70. The van der Waals surface area contributed by atoms with Gasteiger partial charge in [0.2, 0.25) is 5.89 Å². The van der Waals surface area contributed by atoms with Gasteiger partial charge in [0.25, 0.3) is 0 Å². The van der Waals surface area contributed by atoms with Crippen LogP contribution in [0.1, 0.15) is 34.9 Å². The van der Waals surface area contributed by atoms with Crippen LogP contribution in [0, 0.1) is 6.92 Å². The van der Waals surface area contributed by atoms with Gasteiger partial charge in [0.15, 0.2) is 0 Å². The van der Waals surface area contributed by atoms with E-state index < -0.39 is 11.7 Å². The molecule has 0 aliphatic carbocycles. The van der Waals surface area contributed by atoms with Crippen molar-refractivity contribution in [2.75, 3.05) is 7.05 Å². The molecule has 26 heavy (non-hydrogen) atoms. The van der Waals surface area contributed by atoms with Gasteiger partial charge in [0.05, 0.1) is 11.3 Å². The van der Waals surface area contributed by atoms with Crippen LogP contribution < -0.4 is 0 Å². The fraction of sp³-hybridized carbons (Fsp3) is 0.316. The topological polar surface area (TPSA) is 29.3 Å². The number of rotatable bonds is 5. The van der Waals surface area contributed by atoms with Crippen molar-refractivity contribution in [2.24, 2.45) is 0 Å². The minimum Gasteiger partial charge on any atom is -0.441 e. The number of hydrogen-bond donors (Lipinski definition) is 0. The second-order valence-corrected chi connectivity index (χ2v) is 7.18. The monoisotopic (exact) mass is 380 g/mol. The van der Waals surface area contributed by atoms with Gasteiger partial charge < -0.3 is 4.42 Å². The predicted molar refractivity (Wildman–Crippen MR) is 95.9 cm³/mol. The molecule has 0 saturated carbocycles. The third-order valence-corrected chi connectivity index (χ3v) is 5.41. The molecule has 2 heterocycles. The van der Waals surface area contributed by atoms with E-state index in [2.05, 4.69) is 22.9 Å². The summed E-state index contributed by atoms with van der Waals surface area (Å²) in [4.78, 5) is 7.91. The van der Waals surface area contributed by atoms with E-state index in [4.69, 9.17) is 4.42 Å². The minimum absolute atomic E-state index is 0.237. The van der Waals surface area contributed by atoms with E-state index >= 15 is 0 Å². The van der Waals surface area contributed by atoms with Crippen LogP contribution in [0.25, 0.3) is 11.5 Å². The number of alkyl halides is 3. The summed E-state index contributed by atoms with van der Waals surface area (Å²) in [5.41, 5.74) is 0.626. The van der Waals surface area contributed by atoms with Crippen LogP contribution in [-0.4, -0.2) is 16.9 Å². The van der Waals surface area contributed by atoms with Gasteiger partial charge in [-0.15, -0.1) is 11.3 Å². The molecule has 1 aromatic carbocycles. The van der Waals surface area contributed by atoms with Crippen molar-refractivity contribution < 1.29 is 17.6 Å². The largest absolute Gasteiger partial charge is 0.441 e. The molecule has 3 rings (SSSR count). The Morgan fingerprint density at radius 1 is 1.19 bits per heavy atom. The zero-order valence-electron chi connectivity index (χ0n) is 14.7. The Balaban J connectivity index is 1.77. The fourth-order valence-corrected chi connectivity index (χ4v) is 3.47. The van der Waals surface area contributed by atoms with Gasteiger partial charge in [0.1, 0.15) is 5.76 Å². The molecule has 0 amide bonds. The van der Waals surface area contributed by atoms with E-state index in [0.717, 1.165) is 17.8 Å². The second-order valence-electron chi connectivity index (χ2n) is 6.20. The standard InChI is InChI=1S/C19H19F3N2OS/c1-12(17-5-4-10-26-17)24(3)11-16-13(2)25-18(23-16)14-6-8-15(9-7-14)19(20,21)22/h4-10,12H,11H2,1-3H3/t12-/m1/s1.